The van der Waals surface area contributed by atoms with E-state index in [0.717, 1.165) is 5.52 Å². The van der Waals surface area contributed by atoms with Crippen molar-refractivity contribution in [2.45, 2.75) is 19.9 Å². The average molecular weight is 319 g/mol. The number of benzene rings is 1. The van der Waals surface area contributed by atoms with Crippen LogP contribution in [0.4, 0.5) is 5.69 Å². The molecule has 0 aliphatic heterocycles. The summed E-state index contributed by atoms with van der Waals surface area (Å²) in [5.74, 6) is -1.14. The molecule has 8 nitrogen and oxygen atoms in total. The van der Waals surface area contributed by atoms with E-state index in [1.165, 1.54) is 17.0 Å². The van der Waals surface area contributed by atoms with Crippen molar-refractivity contribution < 1.29 is 19.6 Å². The lowest BCUT2D eigenvalue weighted by atomic mass is 10.2. The fraction of sp³-hybridized carbons (Fsp3) is 0.333. The Morgan fingerprint density at radius 3 is 2.70 bits per heavy atom. The lowest BCUT2D eigenvalue weighted by Gasteiger charge is -2.20. The van der Waals surface area contributed by atoms with Gasteiger partial charge in [-0.3, -0.25) is 19.7 Å². The molecule has 1 aromatic heterocycles. The molecule has 1 amide bonds. The van der Waals surface area contributed by atoms with Gasteiger partial charge in [0.15, 0.2) is 0 Å². The first-order chi connectivity index (χ1) is 10.9. The SMILES string of the molecule is CCN(CCC(=O)O)C(=O)Cn1ccc2cc([N+](=O)[O-])ccc21. The van der Waals surface area contributed by atoms with E-state index in [4.69, 9.17) is 5.11 Å². The molecule has 1 aromatic carbocycles. The van der Waals surface area contributed by atoms with Gasteiger partial charge in [0.25, 0.3) is 5.69 Å². The first-order valence-corrected chi connectivity index (χ1v) is 7.15. The van der Waals surface area contributed by atoms with Gasteiger partial charge in [0.05, 0.1) is 11.3 Å². The molecule has 0 aliphatic carbocycles. The lowest BCUT2D eigenvalue weighted by Crippen LogP contribution is -2.35. The van der Waals surface area contributed by atoms with Gasteiger partial charge in [0, 0.05) is 42.3 Å². The zero-order valence-corrected chi connectivity index (χ0v) is 12.6. The summed E-state index contributed by atoms with van der Waals surface area (Å²) in [4.78, 5) is 34.7. The maximum atomic E-state index is 12.3. The summed E-state index contributed by atoms with van der Waals surface area (Å²) >= 11 is 0. The summed E-state index contributed by atoms with van der Waals surface area (Å²) in [5, 5.41) is 20.2. The van der Waals surface area contributed by atoms with Gasteiger partial charge in [-0.25, -0.2) is 0 Å². The van der Waals surface area contributed by atoms with Crippen LogP contribution in [0.15, 0.2) is 30.5 Å². The topological polar surface area (TPSA) is 106 Å². The maximum absolute atomic E-state index is 12.3. The van der Waals surface area contributed by atoms with Crippen LogP contribution in [0.3, 0.4) is 0 Å². The van der Waals surface area contributed by atoms with Crippen molar-refractivity contribution in [1.82, 2.24) is 9.47 Å². The monoisotopic (exact) mass is 319 g/mol. The van der Waals surface area contributed by atoms with Gasteiger partial charge in [0.1, 0.15) is 6.54 Å². The van der Waals surface area contributed by atoms with Gasteiger partial charge in [-0.2, -0.15) is 0 Å². The largest absolute Gasteiger partial charge is 0.481 e. The van der Waals surface area contributed by atoms with Crippen LogP contribution in [0.5, 0.6) is 0 Å². The second kappa shape index (κ2) is 6.91. The minimum Gasteiger partial charge on any atom is -0.481 e. The third-order valence-electron chi connectivity index (χ3n) is 3.60. The highest BCUT2D eigenvalue weighted by atomic mass is 16.6. The van der Waals surface area contributed by atoms with Crippen LogP contribution in [0.2, 0.25) is 0 Å². The Balaban J connectivity index is 2.15. The molecule has 0 spiro atoms. The number of non-ortho nitro benzene ring substituents is 1. The Labute approximate surface area is 132 Å². The number of rotatable bonds is 7. The Morgan fingerprint density at radius 1 is 1.35 bits per heavy atom. The number of amides is 1. The van der Waals surface area contributed by atoms with E-state index in [1.54, 1.807) is 29.8 Å². The molecule has 0 saturated heterocycles. The van der Waals surface area contributed by atoms with E-state index in [2.05, 4.69) is 0 Å². The zero-order chi connectivity index (χ0) is 17.0. The number of fused-ring (bicyclic) bond motifs is 1. The minimum absolute atomic E-state index is 0.00165. The van der Waals surface area contributed by atoms with Gasteiger partial charge < -0.3 is 14.6 Å². The van der Waals surface area contributed by atoms with Crippen LogP contribution in [-0.2, 0) is 16.1 Å². The molecule has 0 radical (unpaired) electrons. The number of nitro groups is 1. The summed E-state index contributed by atoms with van der Waals surface area (Å²) in [5.41, 5.74) is 0.719. The number of nitro benzene ring substituents is 1. The molecule has 2 rings (SSSR count). The van der Waals surface area contributed by atoms with Crippen LogP contribution < -0.4 is 0 Å². The van der Waals surface area contributed by atoms with E-state index in [-0.39, 0.29) is 31.1 Å². The van der Waals surface area contributed by atoms with E-state index in [1.807, 2.05) is 0 Å². The number of hydrogen-bond donors (Lipinski definition) is 1. The standard InChI is InChI=1S/C15H17N3O5/c1-2-16(8-6-15(20)21)14(19)10-17-7-5-11-9-12(18(22)23)3-4-13(11)17/h3-5,7,9H,2,6,8,10H2,1H3,(H,20,21). The van der Waals surface area contributed by atoms with E-state index in [0.29, 0.717) is 11.9 Å². The van der Waals surface area contributed by atoms with Crippen molar-refractivity contribution in [3.05, 3.63) is 40.6 Å². The average Bonchev–Trinajstić information content (AvgIpc) is 2.89. The Morgan fingerprint density at radius 2 is 2.09 bits per heavy atom. The smallest absolute Gasteiger partial charge is 0.305 e. The molecule has 0 bridgehead atoms. The van der Waals surface area contributed by atoms with Crippen molar-refractivity contribution in [2.75, 3.05) is 13.1 Å². The van der Waals surface area contributed by atoms with Gasteiger partial charge in [-0.05, 0) is 19.1 Å². The number of nitrogens with zero attached hydrogens (tertiary/aromatic N) is 3. The molecule has 8 heteroatoms. The van der Waals surface area contributed by atoms with Crippen molar-refractivity contribution in [1.29, 1.82) is 0 Å². The summed E-state index contributed by atoms with van der Waals surface area (Å²) in [6.07, 6.45) is 1.59. The van der Waals surface area contributed by atoms with Crippen LogP contribution in [0.25, 0.3) is 10.9 Å². The Bertz CT molecular complexity index is 753. The number of aromatic nitrogens is 1. The summed E-state index contributed by atoms with van der Waals surface area (Å²) < 4.78 is 1.70. The number of carbonyl (C=O) groups is 2. The van der Waals surface area contributed by atoms with E-state index < -0.39 is 10.9 Å². The summed E-state index contributed by atoms with van der Waals surface area (Å²) in [7, 11) is 0. The molecule has 1 heterocycles. The quantitative estimate of drug-likeness (QED) is 0.619. The molecule has 122 valence electrons. The van der Waals surface area contributed by atoms with Crippen molar-refractivity contribution in [3.8, 4) is 0 Å². The molecule has 0 unspecified atom stereocenters. The van der Waals surface area contributed by atoms with Gasteiger partial charge in [-0.15, -0.1) is 0 Å². The van der Waals surface area contributed by atoms with Crippen molar-refractivity contribution in [3.63, 3.8) is 0 Å². The highest BCUT2D eigenvalue weighted by Crippen LogP contribution is 2.22. The van der Waals surface area contributed by atoms with E-state index in [9.17, 15) is 19.7 Å². The molecule has 0 saturated carbocycles. The second-order valence-electron chi connectivity index (χ2n) is 5.06. The van der Waals surface area contributed by atoms with Gasteiger partial charge in [0.2, 0.25) is 5.91 Å². The second-order valence-corrected chi connectivity index (χ2v) is 5.06. The van der Waals surface area contributed by atoms with Crippen LogP contribution in [0, 0.1) is 10.1 Å². The highest BCUT2D eigenvalue weighted by Gasteiger charge is 2.15. The number of hydrogen-bond acceptors (Lipinski definition) is 4. The minimum atomic E-state index is -0.949. The molecule has 23 heavy (non-hydrogen) atoms. The predicted molar refractivity (Wildman–Crippen MR) is 83.1 cm³/mol. The molecular weight excluding hydrogens is 302 g/mol. The van der Waals surface area contributed by atoms with Crippen molar-refractivity contribution in [2.24, 2.45) is 0 Å². The Hall–Kier alpha value is -2.90. The first-order valence-electron chi connectivity index (χ1n) is 7.15. The first kappa shape index (κ1) is 16.5. The number of carboxylic acid groups (broad SMARTS) is 1. The van der Waals surface area contributed by atoms with Crippen molar-refractivity contribution >= 4 is 28.5 Å². The van der Waals surface area contributed by atoms with Crippen LogP contribution in [-0.4, -0.2) is 44.5 Å². The highest BCUT2D eigenvalue weighted by molar-refractivity contribution is 5.85. The zero-order valence-electron chi connectivity index (χ0n) is 12.6. The number of aliphatic carboxylic acids is 1. The molecule has 0 aliphatic rings. The molecular formula is C15H17N3O5. The fourth-order valence-electron chi connectivity index (χ4n) is 2.37. The van der Waals surface area contributed by atoms with Gasteiger partial charge in [-0.1, -0.05) is 0 Å². The number of carboxylic acids is 1. The molecule has 0 atom stereocenters. The lowest BCUT2D eigenvalue weighted by molar-refractivity contribution is -0.384. The predicted octanol–water partition coefficient (Wildman–Crippen LogP) is 1.87. The van der Waals surface area contributed by atoms with Crippen LogP contribution >= 0.6 is 0 Å². The number of carbonyl (C=O) groups excluding carboxylic acids is 1. The normalized spacial score (nSPS) is 10.7. The summed E-state index contributed by atoms with van der Waals surface area (Å²) in [6.45, 7) is 2.44. The fourth-order valence-corrected chi connectivity index (χ4v) is 2.37. The van der Waals surface area contributed by atoms with E-state index >= 15 is 0 Å². The Kier molecular flexibility index (Phi) is 4.95. The van der Waals surface area contributed by atoms with Crippen LogP contribution in [0.1, 0.15) is 13.3 Å². The third kappa shape index (κ3) is 3.85. The van der Waals surface area contributed by atoms with Gasteiger partial charge >= 0.3 is 5.97 Å². The maximum Gasteiger partial charge on any atom is 0.305 e. The summed E-state index contributed by atoms with van der Waals surface area (Å²) in [6, 6.07) is 6.17. The molecule has 2 aromatic rings. The third-order valence-corrected chi connectivity index (χ3v) is 3.60. The number of likely N-dealkylation sites (N-methyl/N-ethyl adjacent to an activating group) is 1. The molecule has 1 N–H and O–H groups in total. The molecule has 0 fully saturated rings.